The van der Waals surface area contributed by atoms with Gasteiger partial charge in [-0.1, -0.05) is 63.1 Å². The summed E-state index contributed by atoms with van der Waals surface area (Å²) < 4.78 is 66.1. The summed E-state index contributed by atoms with van der Waals surface area (Å²) in [5.41, 5.74) is 0.933. The molecule has 10 atom stereocenters. The number of sulfonamides is 2. The first-order valence-electron chi connectivity index (χ1n) is 23.3. The van der Waals surface area contributed by atoms with Crippen molar-refractivity contribution >= 4 is 67.1 Å². The minimum atomic E-state index is -3.78. The Bertz CT molecular complexity index is 2200. The number of anilines is 2. The fourth-order valence-corrected chi connectivity index (χ4v) is 12.2. The maximum atomic E-state index is 14.7. The van der Waals surface area contributed by atoms with Gasteiger partial charge in [0, 0.05) is 42.7 Å². The van der Waals surface area contributed by atoms with Crippen LogP contribution < -0.4 is 21.3 Å². The van der Waals surface area contributed by atoms with E-state index in [1.807, 2.05) is 6.92 Å². The summed E-state index contributed by atoms with van der Waals surface area (Å²) in [4.78, 5) is 85.6. The van der Waals surface area contributed by atoms with Crippen LogP contribution in [0.15, 0.2) is 60.7 Å². The molecule has 2 aromatic carbocycles. The van der Waals surface area contributed by atoms with Crippen LogP contribution in [0.4, 0.5) is 21.0 Å². The quantitative estimate of drug-likeness (QED) is 0.140. The normalized spacial score (nSPS) is 24.6. The predicted octanol–water partition coefficient (Wildman–Crippen LogP) is 2.99. The van der Waals surface area contributed by atoms with Crippen molar-refractivity contribution in [3.8, 4) is 0 Å². The Morgan fingerprint density at radius 3 is 1.59 bits per heavy atom. The number of benzene rings is 2. The number of unbranched alkanes of at least 4 members (excludes halogenated alkanes) is 1. The van der Waals surface area contributed by atoms with E-state index in [2.05, 4.69) is 21.3 Å². The third kappa shape index (κ3) is 12.5. The van der Waals surface area contributed by atoms with Gasteiger partial charge in [0.05, 0.1) is 55.8 Å². The van der Waals surface area contributed by atoms with E-state index in [-0.39, 0.29) is 69.5 Å². The summed E-state index contributed by atoms with van der Waals surface area (Å²) in [6.45, 7) is 5.27. The molecule has 5 amide bonds. The zero-order valence-corrected chi connectivity index (χ0v) is 41.2. The van der Waals surface area contributed by atoms with Crippen LogP contribution in [0.2, 0.25) is 0 Å². The second-order valence-corrected chi connectivity index (χ2v) is 22.2. The summed E-state index contributed by atoms with van der Waals surface area (Å²) in [5, 5.41) is 11.2. The first-order valence-corrected chi connectivity index (χ1v) is 27.0. The monoisotopic (exact) mass is 986 g/mol. The zero-order chi connectivity index (χ0) is 49.5. The average Bonchev–Trinajstić information content (AvgIpc) is 4.09. The van der Waals surface area contributed by atoms with Gasteiger partial charge >= 0.3 is 12.2 Å². The molecule has 4 fully saturated rings. The van der Waals surface area contributed by atoms with E-state index in [1.165, 1.54) is 13.5 Å². The van der Waals surface area contributed by atoms with Crippen LogP contribution in [-0.2, 0) is 48.7 Å². The van der Waals surface area contributed by atoms with Crippen molar-refractivity contribution < 1.29 is 55.1 Å². The maximum Gasteiger partial charge on any atom is 0.412 e. The van der Waals surface area contributed by atoms with Crippen LogP contribution in [0, 0.1) is 11.8 Å². The largest absolute Gasteiger partial charge is 0.442 e. The summed E-state index contributed by atoms with van der Waals surface area (Å²) in [5.74, 6) is -2.70. The zero-order valence-electron chi connectivity index (χ0n) is 39.5. The highest BCUT2D eigenvalue weighted by Gasteiger charge is 2.57. The number of para-hydroxylation sites is 2. The second-order valence-electron chi connectivity index (χ2n) is 18.3. The first kappa shape index (κ1) is 52.2. The van der Waals surface area contributed by atoms with Crippen LogP contribution in [0.3, 0.4) is 0 Å². The number of amides is 5. The average molecular weight is 987 g/mol. The Morgan fingerprint density at radius 2 is 1.15 bits per heavy atom. The number of fused-ring (bicyclic) bond motifs is 2. The lowest BCUT2D eigenvalue weighted by atomic mass is 9.91. The molecule has 0 spiro atoms. The van der Waals surface area contributed by atoms with E-state index in [0.29, 0.717) is 37.1 Å². The minimum absolute atomic E-state index is 0.134. The summed E-state index contributed by atoms with van der Waals surface area (Å²) in [6, 6.07) is 12.6. The number of carbonyl (C=O) groups excluding carboxylic acids is 6. The molecule has 4 N–H and O–H groups in total. The van der Waals surface area contributed by atoms with Gasteiger partial charge in [-0.25, -0.2) is 26.4 Å². The van der Waals surface area contributed by atoms with Gasteiger partial charge in [-0.2, -0.15) is 8.61 Å². The number of Topliss-reactive ketones (excluding diaryl/α,β-unsaturated/α-hetero) is 1. The maximum absolute atomic E-state index is 14.7. The van der Waals surface area contributed by atoms with Crippen molar-refractivity contribution in [3.63, 3.8) is 0 Å². The van der Waals surface area contributed by atoms with Gasteiger partial charge in [-0.3, -0.25) is 29.8 Å². The van der Waals surface area contributed by atoms with E-state index in [1.54, 1.807) is 86.5 Å². The molecule has 2 aromatic rings. The molecular formula is C46H66N8O12S2. The van der Waals surface area contributed by atoms with Gasteiger partial charge in [0.1, 0.15) is 24.0 Å². The summed E-state index contributed by atoms with van der Waals surface area (Å²) >= 11 is 0. The van der Waals surface area contributed by atoms with Gasteiger partial charge in [0.2, 0.25) is 37.8 Å². The smallest absolute Gasteiger partial charge is 0.412 e. The van der Waals surface area contributed by atoms with Crippen LogP contribution >= 0.6 is 0 Å². The molecule has 0 aromatic heterocycles. The number of nitrogens with zero attached hydrogens (tertiary/aromatic N) is 4. The number of ether oxygens (including phenoxy) is 2. The minimum Gasteiger partial charge on any atom is -0.442 e. The van der Waals surface area contributed by atoms with E-state index in [4.69, 9.17) is 9.47 Å². The molecular weight excluding hydrogens is 921 g/mol. The molecule has 22 heteroatoms. The summed E-state index contributed by atoms with van der Waals surface area (Å²) in [6.07, 6.45) is 0.447. The molecule has 0 aliphatic carbocycles. The number of hydrogen-bond acceptors (Lipinski definition) is 13. The molecule has 68 heavy (non-hydrogen) atoms. The van der Waals surface area contributed by atoms with Crippen molar-refractivity contribution in [2.24, 2.45) is 11.8 Å². The lowest BCUT2D eigenvalue weighted by Gasteiger charge is -2.32. The highest BCUT2D eigenvalue weighted by molar-refractivity contribution is 7.88. The standard InChI is InChI=1S/C46H66N8O12S2/c1-7-29(2)42(56)50-34(44(58)52-25-23-36-41(52)39(28-54(36)68(6,63)64)66-46(60)49-33-19-12-9-13-20-33)21-15-14-16-31(26-37(55)30(3)47-4)43(57)51-24-22-35-40(51)38(27-53(35)67(5,61)62)65-45(59)48-32-17-10-8-11-18-32/h8-13,17-20,29-31,34-36,38-41,47H,7,14-16,21-28H2,1-6H3,(H,48,59)(H,49,60)(H,50,56)/t29-,30+,31-,34+,35-,36-,38+,39+,40+,41+/m1/s1. The van der Waals surface area contributed by atoms with Crippen LogP contribution in [0.1, 0.15) is 72.1 Å². The van der Waals surface area contributed by atoms with Crippen LogP contribution in [-0.4, -0.2) is 165 Å². The number of ketones is 1. The van der Waals surface area contributed by atoms with Crippen LogP contribution in [0.25, 0.3) is 0 Å². The van der Waals surface area contributed by atoms with Crippen molar-refractivity contribution in [1.82, 2.24) is 29.0 Å². The fraction of sp³-hybridized carbons (Fsp3) is 0.609. The number of likely N-dealkylation sites (tertiary alicyclic amines) is 2. The molecule has 4 saturated heterocycles. The topological polar surface area (TPSA) is 250 Å². The molecule has 4 heterocycles. The Hall–Kier alpha value is -5.16. The van der Waals surface area contributed by atoms with E-state index < -0.39 is 98.4 Å². The Kier molecular flexibility index (Phi) is 17.3. The number of nitrogens with one attached hydrogen (secondary N) is 4. The molecule has 4 aliphatic rings. The van der Waals surface area contributed by atoms with Crippen molar-refractivity contribution in [3.05, 3.63) is 60.7 Å². The Labute approximate surface area is 399 Å². The van der Waals surface area contributed by atoms with E-state index >= 15 is 0 Å². The van der Waals surface area contributed by atoms with Crippen molar-refractivity contribution in [2.45, 2.75) is 121 Å². The van der Waals surface area contributed by atoms with Gasteiger partial charge in [-0.05, 0) is 70.3 Å². The number of likely N-dealkylation sites (N-methyl/N-ethyl adjacent to an activating group) is 1. The lowest BCUT2D eigenvalue weighted by molar-refractivity contribution is -0.141. The van der Waals surface area contributed by atoms with E-state index in [9.17, 15) is 45.6 Å². The second kappa shape index (κ2) is 22.5. The third-order valence-electron chi connectivity index (χ3n) is 13.7. The van der Waals surface area contributed by atoms with Crippen molar-refractivity contribution in [2.75, 3.05) is 56.4 Å². The van der Waals surface area contributed by atoms with Gasteiger partial charge in [0.25, 0.3) is 0 Å². The first-order chi connectivity index (χ1) is 32.2. The molecule has 0 saturated carbocycles. The van der Waals surface area contributed by atoms with Crippen molar-refractivity contribution in [1.29, 1.82) is 0 Å². The molecule has 0 unspecified atom stereocenters. The highest BCUT2D eigenvalue weighted by atomic mass is 32.2. The molecule has 20 nitrogen and oxygen atoms in total. The van der Waals surface area contributed by atoms with Crippen LogP contribution in [0.5, 0.6) is 0 Å². The molecule has 6 rings (SSSR count). The molecule has 374 valence electrons. The lowest BCUT2D eigenvalue weighted by Crippen LogP contribution is -2.54. The Morgan fingerprint density at radius 1 is 0.691 bits per heavy atom. The van der Waals surface area contributed by atoms with E-state index in [0.717, 1.165) is 12.5 Å². The van der Waals surface area contributed by atoms with Gasteiger partial charge < -0.3 is 29.9 Å². The number of carbonyl (C=O) groups is 6. The molecule has 0 radical (unpaired) electrons. The number of hydrogen-bond donors (Lipinski definition) is 4. The SMILES string of the molecule is CC[C@@H](C)C(=O)N[C@@H](CCCC[C@H](CC(=O)[C@H](C)NC)C(=O)N1CC[C@@H]2[C@H]1[C@@H](OC(=O)Nc1ccccc1)CN2S(C)(=O)=O)C(=O)N1CC[C@@H]2[C@H]1[C@@H](OC(=O)Nc1ccccc1)CN2S(C)(=O)=O. The Balaban J connectivity index is 1.18. The fourth-order valence-electron chi connectivity index (χ4n) is 9.89. The van der Waals surface area contributed by atoms with Gasteiger partial charge in [0.15, 0.2) is 0 Å². The molecule has 4 aliphatic heterocycles. The highest BCUT2D eigenvalue weighted by Crippen LogP contribution is 2.38. The molecule has 0 bridgehead atoms. The van der Waals surface area contributed by atoms with Gasteiger partial charge in [-0.15, -0.1) is 0 Å². The predicted molar refractivity (Wildman–Crippen MR) is 253 cm³/mol. The number of rotatable bonds is 20. The third-order valence-corrected chi connectivity index (χ3v) is 16.3. The summed E-state index contributed by atoms with van der Waals surface area (Å²) in [7, 11) is -5.91.